The summed E-state index contributed by atoms with van der Waals surface area (Å²) in [6.45, 7) is 1.88. The molecule has 4 nitrogen and oxygen atoms in total. The maximum Gasteiger partial charge on any atom is 0.220 e. The molecule has 0 spiro atoms. The predicted octanol–water partition coefficient (Wildman–Crippen LogP) is 1.62. The highest BCUT2D eigenvalue weighted by atomic mass is 15.0. The Morgan fingerprint density at radius 1 is 1.07 bits per heavy atom. The van der Waals surface area contributed by atoms with Crippen LogP contribution in [0.25, 0.3) is 11.3 Å². The highest BCUT2D eigenvalue weighted by molar-refractivity contribution is 5.64. The summed E-state index contributed by atoms with van der Waals surface area (Å²) in [5.41, 5.74) is 14.6. The van der Waals surface area contributed by atoms with Crippen molar-refractivity contribution < 1.29 is 0 Å². The van der Waals surface area contributed by atoms with E-state index in [4.69, 9.17) is 11.5 Å². The topological polar surface area (TPSA) is 77.8 Å². The number of aromatic nitrogens is 2. The predicted molar refractivity (Wildman–Crippen MR) is 61.0 cm³/mol. The van der Waals surface area contributed by atoms with Crippen LogP contribution in [0, 0.1) is 6.92 Å². The number of aryl methyl sites for hydroxylation is 1. The number of hydrogen-bond acceptors (Lipinski definition) is 4. The fourth-order valence-corrected chi connectivity index (χ4v) is 1.44. The first-order valence-electron chi connectivity index (χ1n) is 4.62. The van der Waals surface area contributed by atoms with Crippen molar-refractivity contribution in [2.75, 3.05) is 11.5 Å². The molecule has 0 aliphatic carbocycles. The Bertz CT molecular complexity index is 473. The Hall–Kier alpha value is -2.10. The van der Waals surface area contributed by atoms with Gasteiger partial charge < -0.3 is 11.5 Å². The smallest absolute Gasteiger partial charge is 0.220 e. The van der Waals surface area contributed by atoms with Gasteiger partial charge in [-0.25, -0.2) is 9.97 Å². The van der Waals surface area contributed by atoms with E-state index in [0.717, 1.165) is 17.0 Å². The van der Waals surface area contributed by atoms with Crippen molar-refractivity contribution in [3.8, 4) is 11.3 Å². The molecule has 0 saturated carbocycles. The highest BCUT2D eigenvalue weighted by Gasteiger charge is 2.02. The third-order valence-corrected chi connectivity index (χ3v) is 2.05. The summed E-state index contributed by atoms with van der Waals surface area (Å²) in [4.78, 5) is 8.17. The van der Waals surface area contributed by atoms with Crippen LogP contribution in [-0.4, -0.2) is 9.97 Å². The Labute approximate surface area is 88.0 Å². The molecule has 0 saturated heterocycles. The molecule has 1 aromatic carbocycles. The van der Waals surface area contributed by atoms with Crippen LogP contribution >= 0.6 is 0 Å². The minimum absolute atomic E-state index is 0.285. The summed E-state index contributed by atoms with van der Waals surface area (Å²) in [6.07, 6.45) is 0. The van der Waals surface area contributed by atoms with Crippen molar-refractivity contribution in [3.05, 3.63) is 36.0 Å². The zero-order chi connectivity index (χ0) is 10.8. The molecule has 1 heterocycles. The van der Waals surface area contributed by atoms with Gasteiger partial charge in [-0.15, -0.1) is 0 Å². The van der Waals surface area contributed by atoms with Gasteiger partial charge in [0.2, 0.25) is 5.95 Å². The van der Waals surface area contributed by atoms with Crippen molar-refractivity contribution >= 4 is 11.6 Å². The summed E-state index contributed by atoms with van der Waals surface area (Å²) in [7, 11) is 0. The fourth-order valence-electron chi connectivity index (χ4n) is 1.44. The summed E-state index contributed by atoms with van der Waals surface area (Å²) < 4.78 is 0. The molecule has 2 aromatic rings. The summed E-state index contributed by atoms with van der Waals surface area (Å²) >= 11 is 0. The van der Waals surface area contributed by atoms with Crippen LogP contribution in [0.15, 0.2) is 30.3 Å². The number of rotatable bonds is 1. The molecule has 1 aromatic heterocycles. The first-order chi connectivity index (χ1) is 7.15. The summed E-state index contributed by atoms with van der Waals surface area (Å²) in [5, 5.41) is 0. The summed E-state index contributed by atoms with van der Waals surface area (Å²) in [6, 6.07) is 9.41. The second kappa shape index (κ2) is 3.57. The molecule has 0 bridgehead atoms. The van der Waals surface area contributed by atoms with Crippen LogP contribution in [0.4, 0.5) is 11.6 Å². The molecule has 0 amide bonds. The largest absolute Gasteiger partial charge is 0.399 e. The normalized spacial score (nSPS) is 10.2. The first-order valence-corrected chi connectivity index (χ1v) is 4.62. The number of anilines is 2. The SMILES string of the molecule is Cc1cc(-c2cccc(N)c2)nc(N)n1. The van der Waals surface area contributed by atoms with E-state index in [0.29, 0.717) is 5.69 Å². The van der Waals surface area contributed by atoms with Gasteiger partial charge in [0, 0.05) is 16.9 Å². The second-order valence-corrected chi connectivity index (χ2v) is 3.38. The molecule has 76 valence electrons. The van der Waals surface area contributed by atoms with Gasteiger partial charge in [0.05, 0.1) is 5.69 Å². The van der Waals surface area contributed by atoms with Crippen molar-refractivity contribution in [3.63, 3.8) is 0 Å². The molecule has 0 radical (unpaired) electrons. The standard InChI is InChI=1S/C11H12N4/c1-7-5-10(15-11(13)14-7)8-3-2-4-9(12)6-8/h2-6H,12H2,1H3,(H2,13,14,15). The van der Waals surface area contributed by atoms with Crippen molar-refractivity contribution in [2.45, 2.75) is 6.92 Å². The first kappa shape index (κ1) is 9.45. The van der Waals surface area contributed by atoms with E-state index in [1.165, 1.54) is 0 Å². The molecule has 4 heteroatoms. The lowest BCUT2D eigenvalue weighted by atomic mass is 10.1. The van der Waals surface area contributed by atoms with Gasteiger partial charge in [-0.2, -0.15) is 0 Å². The molecular weight excluding hydrogens is 188 g/mol. The molecule has 0 aliphatic heterocycles. The quantitative estimate of drug-likeness (QED) is 0.685. The second-order valence-electron chi connectivity index (χ2n) is 3.38. The van der Waals surface area contributed by atoms with Gasteiger partial charge in [0.25, 0.3) is 0 Å². The molecule has 2 rings (SSSR count). The number of nitrogens with two attached hydrogens (primary N) is 2. The van der Waals surface area contributed by atoms with Crippen LogP contribution < -0.4 is 11.5 Å². The van der Waals surface area contributed by atoms with Crippen LogP contribution in [0.2, 0.25) is 0 Å². The zero-order valence-electron chi connectivity index (χ0n) is 8.44. The monoisotopic (exact) mass is 200 g/mol. The van der Waals surface area contributed by atoms with Gasteiger partial charge in [-0.3, -0.25) is 0 Å². The van der Waals surface area contributed by atoms with Gasteiger partial charge >= 0.3 is 0 Å². The lowest BCUT2D eigenvalue weighted by Crippen LogP contribution is -1.98. The van der Waals surface area contributed by atoms with Crippen LogP contribution in [0.5, 0.6) is 0 Å². The average molecular weight is 200 g/mol. The third-order valence-electron chi connectivity index (χ3n) is 2.05. The maximum absolute atomic E-state index is 5.70. The maximum atomic E-state index is 5.70. The minimum atomic E-state index is 0.285. The lowest BCUT2D eigenvalue weighted by molar-refractivity contribution is 1.12. The van der Waals surface area contributed by atoms with E-state index in [2.05, 4.69) is 9.97 Å². The van der Waals surface area contributed by atoms with Crippen LogP contribution in [-0.2, 0) is 0 Å². The van der Waals surface area contributed by atoms with E-state index in [9.17, 15) is 0 Å². The Balaban J connectivity index is 2.54. The van der Waals surface area contributed by atoms with E-state index >= 15 is 0 Å². The van der Waals surface area contributed by atoms with E-state index < -0.39 is 0 Å². The Kier molecular flexibility index (Phi) is 2.25. The molecule has 0 atom stereocenters. The number of benzene rings is 1. The van der Waals surface area contributed by atoms with E-state index in [1.54, 1.807) is 0 Å². The van der Waals surface area contributed by atoms with Gasteiger partial charge in [0.15, 0.2) is 0 Å². The minimum Gasteiger partial charge on any atom is -0.399 e. The molecule has 4 N–H and O–H groups in total. The number of hydrogen-bond donors (Lipinski definition) is 2. The lowest BCUT2D eigenvalue weighted by Gasteiger charge is -2.03. The third kappa shape index (κ3) is 2.04. The van der Waals surface area contributed by atoms with E-state index in [-0.39, 0.29) is 5.95 Å². The molecular formula is C11H12N4. The van der Waals surface area contributed by atoms with Gasteiger partial charge in [0.1, 0.15) is 0 Å². The zero-order valence-corrected chi connectivity index (χ0v) is 8.44. The molecule has 0 fully saturated rings. The van der Waals surface area contributed by atoms with Crippen molar-refractivity contribution in [1.29, 1.82) is 0 Å². The summed E-state index contributed by atoms with van der Waals surface area (Å²) in [5.74, 6) is 0.285. The Morgan fingerprint density at radius 2 is 1.87 bits per heavy atom. The number of nitrogens with zero attached hydrogens (tertiary/aromatic N) is 2. The van der Waals surface area contributed by atoms with Crippen LogP contribution in [0.3, 0.4) is 0 Å². The highest BCUT2D eigenvalue weighted by Crippen LogP contribution is 2.20. The molecule has 0 unspecified atom stereocenters. The van der Waals surface area contributed by atoms with Gasteiger partial charge in [-0.05, 0) is 25.1 Å². The Morgan fingerprint density at radius 3 is 2.53 bits per heavy atom. The van der Waals surface area contributed by atoms with Crippen molar-refractivity contribution in [2.24, 2.45) is 0 Å². The van der Waals surface area contributed by atoms with E-state index in [1.807, 2.05) is 37.3 Å². The van der Waals surface area contributed by atoms with Crippen LogP contribution in [0.1, 0.15) is 5.69 Å². The number of nitrogen functional groups attached to an aromatic ring is 2. The molecule has 15 heavy (non-hydrogen) atoms. The van der Waals surface area contributed by atoms with Gasteiger partial charge in [-0.1, -0.05) is 12.1 Å². The fraction of sp³-hybridized carbons (Fsp3) is 0.0909. The average Bonchev–Trinajstić information content (AvgIpc) is 2.16. The van der Waals surface area contributed by atoms with Crippen molar-refractivity contribution in [1.82, 2.24) is 9.97 Å². The molecule has 0 aliphatic rings.